The zero-order valence-electron chi connectivity index (χ0n) is 9.51. The lowest BCUT2D eigenvalue weighted by molar-refractivity contribution is 0.473. The SMILES string of the molecule is Cc1oc2cc(O)ccc2c(=O)c1-c1cscn1. The first-order chi connectivity index (χ1) is 8.66. The molecular weight excluding hydrogens is 250 g/mol. The number of aromatic nitrogens is 1. The second kappa shape index (κ2) is 3.96. The zero-order valence-corrected chi connectivity index (χ0v) is 10.3. The predicted molar refractivity (Wildman–Crippen MR) is 70.0 cm³/mol. The fourth-order valence-electron chi connectivity index (χ4n) is 1.93. The Labute approximate surface area is 106 Å². The molecule has 1 aromatic carbocycles. The van der Waals surface area contributed by atoms with Crippen molar-refractivity contribution in [3.8, 4) is 17.0 Å². The molecule has 1 N–H and O–H groups in total. The van der Waals surface area contributed by atoms with Gasteiger partial charge in [0.05, 0.1) is 22.2 Å². The Balaban J connectivity index is 2.42. The lowest BCUT2D eigenvalue weighted by Gasteiger charge is -2.04. The van der Waals surface area contributed by atoms with Gasteiger partial charge in [0.1, 0.15) is 17.1 Å². The number of phenols is 1. The summed E-state index contributed by atoms with van der Waals surface area (Å²) in [6.07, 6.45) is 0. The number of benzene rings is 1. The van der Waals surface area contributed by atoms with Gasteiger partial charge in [-0.05, 0) is 19.1 Å². The number of hydrogen-bond donors (Lipinski definition) is 1. The van der Waals surface area contributed by atoms with Crippen molar-refractivity contribution in [2.75, 3.05) is 0 Å². The number of aryl methyl sites for hydroxylation is 1. The minimum atomic E-state index is -0.125. The van der Waals surface area contributed by atoms with Crippen molar-refractivity contribution in [3.05, 3.63) is 45.1 Å². The quantitative estimate of drug-likeness (QED) is 0.729. The fourth-order valence-corrected chi connectivity index (χ4v) is 2.47. The molecule has 4 nitrogen and oxygen atoms in total. The molecule has 0 unspecified atom stereocenters. The zero-order chi connectivity index (χ0) is 12.7. The monoisotopic (exact) mass is 259 g/mol. The molecule has 0 fully saturated rings. The summed E-state index contributed by atoms with van der Waals surface area (Å²) in [6.45, 7) is 1.72. The fraction of sp³-hybridized carbons (Fsp3) is 0.0769. The molecule has 0 saturated heterocycles. The summed E-state index contributed by atoms with van der Waals surface area (Å²) in [5.41, 5.74) is 3.04. The van der Waals surface area contributed by atoms with Crippen LogP contribution >= 0.6 is 11.3 Å². The average Bonchev–Trinajstić information content (AvgIpc) is 2.82. The molecule has 0 aliphatic heterocycles. The molecule has 3 aromatic rings. The third-order valence-electron chi connectivity index (χ3n) is 2.74. The van der Waals surface area contributed by atoms with E-state index >= 15 is 0 Å². The molecule has 0 spiro atoms. The maximum atomic E-state index is 12.4. The molecule has 5 heteroatoms. The van der Waals surface area contributed by atoms with Crippen LogP contribution in [0.2, 0.25) is 0 Å². The summed E-state index contributed by atoms with van der Waals surface area (Å²) in [7, 11) is 0. The van der Waals surface area contributed by atoms with Crippen molar-refractivity contribution < 1.29 is 9.52 Å². The summed E-state index contributed by atoms with van der Waals surface area (Å²) in [6, 6.07) is 4.47. The van der Waals surface area contributed by atoms with Crippen LogP contribution in [0.15, 0.2) is 38.3 Å². The topological polar surface area (TPSA) is 63.3 Å². The largest absolute Gasteiger partial charge is 0.508 e. The standard InChI is InChI=1S/C13H9NO3S/c1-7-12(10-5-18-6-14-10)13(16)9-3-2-8(15)4-11(9)17-7/h2-6,15H,1H3. The molecule has 0 amide bonds. The van der Waals surface area contributed by atoms with Gasteiger partial charge in [-0.2, -0.15) is 0 Å². The Bertz CT molecular complexity index is 775. The molecule has 90 valence electrons. The molecule has 18 heavy (non-hydrogen) atoms. The Morgan fingerprint density at radius 2 is 2.22 bits per heavy atom. The van der Waals surface area contributed by atoms with E-state index in [-0.39, 0.29) is 11.2 Å². The van der Waals surface area contributed by atoms with Crippen molar-refractivity contribution >= 4 is 22.3 Å². The van der Waals surface area contributed by atoms with Gasteiger partial charge in [-0.1, -0.05) is 0 Å². The molecule has 0 atom stereocenters. The summed E-state index contributed by atoms with van der Waals surface area (Å²) < 4.78 is 5.58. The number of fused-ring (bicyclic) bond motifs is 1. The third kappa shape index (κ3) is 1.60. The van der Waals surface area contributed by atoms with Crippen LogP contribution in [-0.4, -0.2) is 10.1 Å². The van der Waals surface area contributed by atoms with Gasteiger partial charge in [-0.15, -0.1) is 11.3 Å². The molecule has 0 aliphatic carbocycles. The van der Waals surface area contributed by atoms with Crippen molar-refractivity contribution in [1.82, 2.24) is 4.98 Å². The van der Waals surface area contributed by atoms with Crippen molar-refractivity contribution in [2.24, 2.45) is 0 Å². The van der Waals surface area contributed by atoms with E-state index in [0.717, 1.165) is 0 Å². The number of rotatable bonds is 1. The van der Waals surface area contributed by atoms with E-state index in [1.165, 1.54) is 23.5 Å². The van der Waals surface area contributed by atoms with E-state index in [1.54, 1.807) is 18.5 Å². The molecular formula is C13H9NO3S. The smallest absolute Gasteiger partial charge is 0.202 e. The number of aromatic hydroxyl groups is 1. The first-order valence-electron chi connectivity index (χ1n) is 5.32. The number of hydrogen-bond acceptors (Lipinski definition) is 5. The number of thiazole rings is 1. The van der Waals surface area contributed by atoms with E-state index in [9.17, 15) is 9.90 Å². The van der Waals surface area contributed by atoms with E-state index in [4.69, 9.17) is 4.42 Å². The molecule has 0 saturated carbocycles. The molecule has 0 aliphatic rings. The van der Waals surface area contributed by atoms with Crippen molar-refractivity contribution in [2.45, 2.75) is 6.92 Å². The maximum absolute atomic E-state index is 12.4. The van der Waals surface area contributed by atoms with Gasteiger partial charge in [0.25, 0.3) is 0 Å². The van der Waals surface area contributed by atoms with Crippen LogP contribution in [0.25, 0.3) is 22.2 Å². The minimum absolute atomic E-state index is 0.0754. The average molecular weight is 259 g/mol. The molecule has 3 rings (SSSR count). The van der Waals surface area contributed by atoms with Gasteiger partial charge >= 0.3 is 0 Å². The second-order valence-corrected chi connectivity index (χ2v) is 4.64. The number of phenolic OH excluding ortho intramolecular Hbond substituents is 1. The van der Waals surface area contributed by atoms with E-state index < -0.39 is 0 Å². The highest BCUT2D eigenvalue weighted by Gasteiger charge is 2.14. The Hall–Kier alpha value is -2.14. The third-order valence-corrected chi connectivity index (χ3v) is 3.33. The van der Waals surface area contributed by atoms with Crippen LogP contribution in [0.3, 0.4) is 0 Å². The summed E-state index contributed by atoms with van der Waals surface area (Å²) in [5, 5.41) is 11.6. The lowest BCUT2D eigenvalue weighted by Crippen LogP contribution is -2.07. The molecule has 2 aromatic heterocycles. The minimum Gasteiger partial charge on any atom is -0.508 e. The summed E-state index contributed by atoms with van der Waals surface area (Å²) in [4.78, 5) is 16.5. The first kappa shape index (κ1) is 11.0. The van der Waals surface area contributed by atoms with Crippen molar-refractivity contribution in [3.63, 3.8) is 0 Å². The van der Waals surface area contributed by atoms with Gasteiger partial charge in [-0.3, -0.25) is 4.79 Å². The van der Waals surface area contributed by atoms with Crippen LogP contribution in [0.5, 0.6) is 5.75 Å². The maximum Gasteiger partial charge on any atom is 0.202 e. The normalized spacial score (nSPS) is 10.9. The van der Waals surface area contributed by atoms with E-state index in [2.05, 4.69) is 4.98 Å². The van der Waals surface area contributed by atoms with Gasteiger partial charge in [0.2, 0.25) is 5.43 Å². The molecule has 0 bridgehead atoms. The predicted octanol–water partition coefficient (Wildman–Crippen LogP) is 2.93. The van der Waals surface area contributed by atoms with Crippen LogP contribution in [0, 0.1) is 6.92 Å². The summed E-state index contributed by atoms with van der Waals surface area (Å²) in [5.74, 6) is 0.579. The van der Waals surface area contributed by atoms with Crippen LogP contribution in [0.1, 0.15) is 5.76 Å². The number of nitrogens with zero attached hydrogens (tertiary/aromatic N) is 1. The van der Waals surface area contributed by atoms with Gasteiger partial charge in [0, 0.05) is 11.4 Å². The van der Waals surface area contributed by atoms with E-state index in [1.807, 2.05) is 5.38 Å². The van der Waals surface area contributed by atoms with Crippen LogP contribution < -0.4 is 5.43 Å². The second-order valence-electron chi connectivity index (χ2n) is 3.92. The highest BCUT2D eigenvalue weighted by atomic mass is 32.1. The molecule has 2 heterocycles. The van der Waals surface area contributed by atoms with Crippen LogP contribution in [-0.2, 0) is 0 Å². The van der Waals surface area contributed by atoms with Crippen LogP contribution in [0.4, 0.5) is 0 Å². The Kier molecular flexibility index (Phi) is 2.41. The van der Waals surface area contributed by atoms with Gasteiger partial charge in [-0.25, -0.2) is 4.98 Å². The van der Waals surface area contributed by atoms with E-state index in [0.29, 0.717) is 28.0 Å². The van der Waals surface area contributed by atoms with Gasteiger partial charge < -0.3 is 9.52 Å². The highest BCUT2D eigenvalue weighted by molar-refractivity contribution is 7.07. The first-order valence-corrected chi connectivity index (χ1v) is 6.26. The van der Waals surface area contributed by atoms with Crippen molar-refractivity contribution in [1.29, 1.82) is 0 Å². The summed E-state index contributed by atoms with van der Waals surface area (Å²) >= 11 is 1.43. The van der Waals surface area contributed by atoms with Gasteiger partial charge in [0.15, 0.2) is 0 Å². The molecule has 0 radical (unpaired) electrons. The Morgan fingerprint density at radius 1 is 1.39 bits per heavy atom. The Morgan fingerprint density at radius 3 is 2.94 bits per heavy atom. The lowest BCUT2D eigenvalue weighted by atomic mass is 10.1. The highest BCUT2D eigenvalue weighted by Crippen LogP contribution is 2.25.